The first-order valence-corrected chi connectivity index (χ1v) is 9.13. The molecule has 1 aliphatic rings. The number of primary amides is 1. The molecule has 138 valence electrons. The number of hydrogen-bond acceptors (Lipinski definition) is 4. The van der Waals surface area contributed by atoms with E-state index in [-0.39, 0.29) is 0 Å². The third-order valence-corrected chi connectivity index (χ3v) is 4.83. The van der Waals surface area contributed by atoms with Gasteiger partial charge in [-0.3, -0.25) is 4.79 Å². The first-order valence-electron chi connectivity index (χ1n) is 9.13. The van der Waals surface area contributed by atoms with Crippen LogP contribution in [-0.4, -0.2) is 42.2 Å². The monoisotopic (exact) mass is 354 g/mol. The number of nitrogens with zero attached hydrogens (tertiary/aromatic N) is 1. The number of likely N-dealkylation sites (tertiary alicyclic amines) is 1. The van der Waals surface area contributed by atoms with E-state index in [0.717, 1.165) is 38.2 Å². The zero-order valence-corrected chi connectivity index (χ0v) is 14.9. The number of rotatable bonds is 8. The normalized spacial score (nSPS) is 17.3. The van der Waals surface area contributed by atoms with Crippen molar-refractivity contribution >= 4 is 5.91 Å². The molecule has 0 bridgehead atoms. The molecule has 5 heteroatoms. The predicted molar refractivity (Wildman–Crippen MR) is 101 cm³/mol. The number of aromatic hydroxyl groups is 1. The number of carbonyl (C=O) groups excluding carboxylic acids is 1. The molecule has 1 unspecified atom stereocenters. The number of amides is 1. The van der Waals surface area contributed by atoms with Gasteiger partial charge in [0.25, 0.3) is 0 Å². The minimum Gasteiger partial charge on any atom is -0.508 e. The van der Waals surface area contributed by atoms with Gasteiger partial charge in [0.1, 0.15) is 11.5 Å². The summed E-state index contributed by atoms with van der Waals surface area (Å²) < 4.78 is 5.73. The van der Waals surface area contributed by atoms with Crippen LogP contribution in [0.3, 0.4) is 0 Å². The van der Waals surface area contributed by atoms with E-state index >= 15 is 0 Å². The highest BCUT2D eigenvalue weighted by Gasteiger charge is 2.22. The number of benzene rings is 2. The Hall–Kier alpha value is -2.53. The lowest BCUT2D eigenvalue weighted by molar-refractivity contribution is 0.1000. The molecule has 5 nitrogen and oxygen atoms in total. The van der Waals surface area contributed by atoms with Crippen LogP contribution < -0.4 is 10.5 Å². The maximum Gasteiger partial charge on any atom is 0.248 e. The van der Waals surface area contributed by atoms with E-state index in [4.69, 9.17) is 10.5 Å². The minimum absolute atomic E-state index is 0.346. The quantitative estimate of drug-likeness (QED) is 0.715. The first-order chi connectivity index (χ1) is 12.6. The first kappa shape index (κ1) is 18.3. The lowest BCUT2D eigenvalue weighted by Gasteiger charge is -2.16. The van der Waals surface area contributed by atoms with Gasteiger partial charge < -0.3 is 20.5 Å². The second-order valence-electron chi connectivity index (χ2n) is 6.92. The third-order valence-electron chi connectivity index (χ3n) is 4.83. The fourth-order valence-corrected chi connectivity index (χ4v) is 3.49. The van der Waals surface area contributed by atoms with Crippen molar-refractivity contribution in [3.05, 3.63) is 59.7 Å². The molecule has 1 aliphatic heterocycles. The summed E-state index contributed by atoms with van der Waals surface area (Å²) in [5, 5.41) is 9.57. The summed E-state index contributed by atoms with van der Waals surface area (Å²) in [5.41, 5.74) is 6.93. The van der Waals surface area contributed by atoms with Crippen LogP contribution in [0.2, 0.25) is 0 Å². The molecule has 1 saturated heterocycles. The molecule has 3 N–H and O–H groups in total. The van der Waals surface area contributed by atoms with Crippen LogP contribution in [0.25, 0.3) is 0 Å². The molecule has 1 amide bonds. The van der Waals surface area contributed by atoms with Gasteiger partial charge >= 0.3 is 0 Å². The van der Waals surface area contributed by atoms with Crippen molar-refractivity contribution in [3.8, 4) is 11.5 Å². The van der Waals surface area contributed by atoms with E-state index in [2.05, 4.69) is 11.0 Å². The molecule has 2 aromatic rings. The number of phenolic OH excluding ortho intramolecular Hbond substituents is 1. The zero-order chi connectivity index (χ0) is 18.4. The third kappa shape index (κ3) is 5.23. The molecule has 0 aromatic heterocycles. The Labute approximate surface area is 154 Å². The van der Waals surface area contributed by atoms with Gasteiger partial charge in [0, 0.05) is 18.7 Å². The topological polar surface area (TPSA) is 75.8 Å². The van der Waals surface area contributed by atoms with Gasteiger partial charge in [0.2, 0.25) is 5.91 Å². The minimum atomic E-state index is -0.425. The molecule has 3 rings (SSSR count). The molecule has 1 heterocycles. The Bertz CT molecular complexity index is 730. The molecule has 26 heavy (non-hydrogen) atoms. The van der Waals surface area contributed by atoms with Gasteiger partial charge in [-0.2, -0.15) is 0 Å². The van der Waals surface area contributed by atoms with E-state index in [1.54, 1.807) is 30.3 Å². The Morgan fingerprint density at radius 1 is 1.23 bits per heavy atom. The zero-order valence-electron chi connectivity index (χ0n) is 14.9. The SMILES string of the molecule is NC(=O)c1ccc(OCCCN2CCC(Cc3cccc(O)c3)C2)cc1. The lowest BCUT2D eigenvalue weighted by atomic mass is 9.99. The van der Waals surface area contributed by atoms with Crippen molar-refractivity contribution in [2.24, 2.45) is 11.7 Å². The van der Waals surface area contributed by atoms with Gasteiger partial charge in [-0.05, 0) is 73.7 Å². The van der Waals surface area contributed by atoms with Gasteiger partial charge in [0.15, 0.2) is 0 Å². The maximum atomic E-state index is 11.0. The van der Waals surface area contributed by atoms with Crippen LogP contribution in [0.15, 0.2) is 48.5 Å². The highest BCUT2D eigenvalue weighted by molar-refractivity contribution is 5.92. The molecule has 0 radical (unpaired) electrons. The van der Waals surface area contributed by atoms with Crippen LogP contribution in [0.4, 0.5) is 0 Å². The molecule has 1 atom stereocenters. The summed E-state index contributed by atoms with van der Waals surface area (Å²) in [7, 11) is 0. The molecule has 2 aromatic carbocycles. The molecule has 0 spiro atoms. The number of ether oxygens (including phenoxy) is 1. The van der Waals surface area contributed by atoms with Crippen LogP contribution in [0.1, 0.15) is 28.8 Å². The van der Waals surface area contributed by atoms with Crippen molar-refractivity contribution in [1.29, 1.82) is 0 Å². The molecular weight excluding hydrogens is 328 g/mol. The van der Waals surface area contributed by atoms with Gasteiger partial charge in [-0.25, -0.2) is 0 Å². The standard InChI is InChI=1S/C21H26N2O3/c22-21(25)18-5-7-20(8-6-18)26-12-2-10-23-11-9-17(15-23)13-16-3-1-4-19(24)14-16/h1,3-8,14,17,24H,2,9-13,15H2,(H2,22,25). The van der Waals surface area contributed by atoms with Crippen molar-refractivity contribution in [2.45, 2.75) is 19.3 Å². The van der Waals surface area contributed by atoms with E-state index in [0.29, 0.717) is 23.8 Å². The fourth-order valence-electron chi connectivity index (χ4n) is 3.49. The van der Waals surface area contributed by atoms with Crippen LogP contribution in [0.5, 0.6) is 11.5 Å². The molecular formula is C21H26N2O3. The fraction of sp³-hybridized carbons (Fsp3) is 0.381. The van der Waals surface area contributed by atoms with E-state index in [1.165, 1.54) is 12.0 Å². The van der Waals surface area contributed by atoms with Crippen LogP contribution in [-0.2, 0) is 6.42 Å². The Morgan fingerprint density at radius 2 is 2.04 bits per heavy atom. The van der Waals surface area contributed by atoms with Crippen LogP contribution in [0, 0.1) is 5.92 Å². The van der Waals surface area contributed by atoms with E-state index in [9.17, 15) is 9.90 Å². The summed E-state index contributed by atoms with van der Waals surface area (Å²) in [6.07, 6.45) is 3.19. The Kier molecular flexibility index (Phi) is 6.12. The average Bonchev–Trinajstić information content (AvgIpc) is 3.06. The highest BCUT2D eigenvalue weighted by Crippen LogP contribution is 2.22. The van der Waals surface area contributed by atoms with Crippen LogP contribution >= 0.6 is 0 Å². The summed E-state index contributed by atoms with van der Waals surface area (Å²) in [6.45, 7) is 3.90. The summed E-state index contributed by atoms with van der Waals surface area (Å²) in [5.74, 6) is 1.33. The molecule has 0 saturated carbocycles. The number of phenols is 1. The summed E-state index contributed by atoms with van der Waals surface area (Å²) in [4.78, 5) is 13.5. The summed E-state index contributed by atoms with van der Waals surface area (Å²) in [6, 6.07) is 14.5. The van der Waals surface area contributed by atoms with Crippen molar-refractivity contribution in [1.82, 2.24) is 4.90 Å². The Balaban J connectivity index is 1.35. The maximum absolute atomic E-state index is 11.0. The second-order valence-corrected chi connectivity index (χ2v) is 6.92. The van der Waals surface area contributed by atoms with E-state index in [1.807, 2.05) is 12.1 Å². The van der Waals surface area contributed by atoms with Gasteiger partial charge in [-0.1, -0.05) is 12.1 Å². The van der Waals surface area contributed by atoms with Crippen molar-refractivity contribution < 1.29 is 14.6 Å². The lowest BCUT2D eigenvalue weighted by Crippen LogP contribution is -2.23. The summed E-state index contributed by atoms with van der Waals surface area (Å²) >= 11 is 0. The number of hydrogen-bond donors (Lipinski definition) is 2. The van der Waals surface area contributed by atoms with E-state index < -0.39 is 5.91 Å². The highest BCUT2D eigenvalue weighted by atomic mass is 16.5. The average molecular weight is 354 g/mol. The number of carbonyl (C=O) groups is 1. The number of nitrogens with two attached hydrogens (primary N) is 1. The smallest absolute Gasteiger partial charge is 0.248 e. The second kappa shape index (κ2) is 8.72. The van der Waals surface area contributed by atoms with Crippen molar-refractivity contribution in [3.63, 3.8) is 0 Å². The van der Waals surface area contributed by atoms with Gasteiger partial charge in [-0.15, -0.1) is 0 Å². The van der Waals surface area contributed by atoms with Gasteiger partial charge in [0.05, 0.1) is 6.61 Å². The van der Waals surface area contributed by atoms with Crippen molar-refractivity contribution in [2.75, 3.05) is 26.2 Å². The predicted octanol–water partition coefficient (Wildman–Crippen LogP) is 2.82. The largest absolute Gasteiger partial charge is 0.508 e. The molecule has 1 fully saturated rings. The Morgan fingerprint density at radius 3 is 2.77 bits per heavy atom. The molecule has 0 aliphatic carbocycles.